The number of H-pyrrole nitrogens is 2. The lowest BCUT2D eigenvalue weighted by Gasteiger charge is -2.31. The number of imidazole rings is 2. The van der Waals surface area contributed by atoms with Crippen molar-refractivity contribution < 1.29 is 38.1 Å². The van der Waals surface area contributed by atoms with Crippen LogP contribution in [0.15, 0.2) is 53.7 Å². The van der Waals surface area contributed by atoms with Crippen LogP contribution in [-0.4, -0.2) is 106 Å². The molecule has 16 nitrogen and oxygen atoms in total. The van der Waals surface area contributed by atoms with Gasteiger partial charge in [-0.15, -0.1) is 0 Å². The molecule has 326 valence electrons. The Kier molecular flexibility index (Phi) is 11.8. The Morgan fingerprint density at radius 3 is 2.48 bits per heavy atom. The number of carbonyl (C=O) groups is 4. The number of carbonyl (C=O) groups excluding carboxylic acids is 4. The van der Waals surface area contributed by atoms with Crippen molar-refractivity contribution in [2.24, 2.45) is 22.7 Å². The number of rotatable bonds is 10. The van der Waals surface area contributed by atoms with Gasteiger partial charge in [-0.3, -0.25) is 9.59 Å². The number of nitrogens with one attached hydrogen (secondary N) is 3. The number of likely N-dealkylation sites (tertiary alicyclic amines) is 2. The minimum absolute atomic E-state index is 0.0649. The number of aromatic nitrogens is 4. The molecule has 0 saturated carbocycles. The van der Waals surface area contributed by atoms with E-state index in [2.05, 4.69) is 68.3 Å². The third-order valence-corrected chi connectivity index (χ3v) is 12.7. The lowest BCUT2D eigenvalue weighted by molar-refractivity contribution is -0.139. The third-order valence-electron chi connectivity index (χ3n) is 12.7. The van der Waals surface area contributed by atoms with Crippen molar-refractivity contribution in [2.75, 3.05) is 27.9 Å². The number of hydrogen-bond donors (Lipinski definition) is 3. The lowest BCUT2D eigenvalue weighted by Crippen LogP contribution is -2.51. The Morgan fingerprint density at radius 2 is 1.74 bits per heavy atom. The monoisotopic (exact) mass is 846 g/mol. The fourth-order valence-electron chi connectivity index (χ4n) is 9.23. The number of nitrogens with zero attached hydrogens (tertiary/aromatic N) is 5. The van der Waals surface area contributed by atoms with Crippen LogP contribution in [0.4, 0.5) is 9.59 Å². The summed E-state index contributed by atoms with van der Waals surface area (Å²) in [5.41, 5.74) is 6.51. The van der Waals surface area contributed by atoms with Crippen LogP contribution in [0.5, 0.6) is 5.75 Å². The van der Waals surface area contributed by atoms with Crippen molar-refractivity contribution in [1.82, 2.24) is 35.1 Å². The van der Waals surface area contributed by atoms with E-state index in [1.165, 1.54) is 27.5 Å². The van der Waals surface area contributed by atoms with E-state index in [1.54, 1.807) is 6.92 Å². The summed E-state index contributed by atoms with van der Waals surface area (Å²) in [6, 6.07) is 13.2. The quantitative estimate of drug-likeness (QED) is 0.119. The van der Waals surface area contributed by atoms with Crippen molar-refractivity contribution >= 4 is 52.0 Å². The topological polar surface area (TPSA) is 193 Å². The number of methoxy groups -OCH3 is 3. The second-order valence-electron chi connectivity index (χ2n) is 17.1. The minimum Gasteiger partial charge on any atom is -0.488 e. The van der Waals surface area contributed by atoms with Crippen LogP contribution in [0.2, 0.25) is 0 Å². The van der Waals surface area contributed by atoms with Crippen molar-refractivity contribution in [1.29, 1.82) is 0 Å². The zero-order chi connectivity index (χ0) is 44.0. The minimum atomic E-state index is -0.794. The van der Waals surface area contributed by atoms with Crippen molar-refractivity contribution in [2.45, 2.75) is 90.8 Å². The molecule has 2 fully saturated rings. The van der Waals surface area contributed by atoms with E-state index in [0.29, 0.717) is 24.8 Å². The zero-order valence-electron chi connectivity index (χ0n) is 36.4. The van der Waals surface area contributed by atoms with E-state index in [9.17, 15) is 19.2 Å². The van der Waals surface area contributed by atoms with Gasteiger partial charge in [-0.25, -0.2) is 19.6 Å². The molecule has 2 aromatic heterocycles. The summed E-state index contributed by atoms with van der Waals surface area (Å²) >= 11 is 0. The van der Waals surface area contributed by atoms with Crippen LogP contribution in [0.25, 0.3) is 44.2 Å². The molecule has 4 amide bonds. The summed E-state index contributed by atoms with van der Waals surface area (Å²) in [4.78, 5) is 76.2. The van der Waals surface area contributed by atoms with Crippen LogP contribution >= 0.6 is 0 Å². The molecule has 3 N–H and O–H groups in total. The van der Waals surface area contributed by atoms with E-state index in [0.717, 1.165) is 74.8 Å². The summed E-state index contributed by atoms with van der Waals surface area (Å²) in [7, 11) is 4.06. The molecular formula is C46H54N8O8. The summed E-state index contributed by atoms with van der Waals surface area (Å²) in [5, 5.41) is 4.65. The normalized spacial score (nSPS) is 21.2. The maximum absolute atomic E-state index is 14.1. The molecule has 62 heavy (non-hydrogen) atoms. The molecule has 5 aromatic rings. The number of fused-ring (bicyclic) bond motifs is 6. The molecule has 5 heterocycles. The first-order valence-electron chi connectivity index (χ1n) is 21.2. The molecule has 7 atom stereocenters. The lowest BCUT2D eigenvalue weighted by atomic mass is 9.92. The molecule has 8 rings (SSSR count). The fourth-order valence-corrected chi connectivity index (χ4v) is 9.23. The Labute approximate surface area is 359 Å². The molecule has 0 bridgehead atoms. The third kappa shape index (κ3) is 7.87. The molecule has 7 unspecified atom stereocenters. The van der Waals surface area contributed by atoms with Crippen molar-refractivity contribution in [3.05, 3.63) is 65.9 Å². The summed E-state index contributed by atoms with van der Waals surface area (Å²) < 4.78 is 21.4. The van der Waals surface area contributed by atoms with E-state index < -0.39 is 30.3 Å². The van der Waals surface area contributed by atoms with Crippen LogP contribution in [-0.2, 0) is 30.4 Å². The van der Waals surface area contributed by atoms with Gasteiger partial charge in [0.15, 0.2) is 0 Å². The molecule has 0 radical (unpaired) electrons. The highest BCUT2D eigenvalue weighted by molar-refractivity contribution is 6.07. The first kappa shape index (κ1) is 42.4. The fraction of sp³-hybridized carbons (Fsp3) is 0.457. The van der Waals surface area contributed by atoms with E-state index in [4.69, 9.17) is 24.2 Å². The highest BCUT2D eigenvalue weighted by Gasteiger charge is 2.42. The molecule has 3 aliphatic rings. The number of hydrogen-bond acceptors (Lipinski definition) is 10. The van der Waals surface area contributed by atoms with E-state index in [1.807, 2.05) is 42.8 Å². The van der Waals surface area contributed by atoms with Gasteiger partial charge in [0, 0.05) is 36.9 Å². The number of amides is 4. The maximum atomic E-state index is 14.1. The number of aromatic amines is 2. The largest absolute Gasteiger partial charge is 0.488 e. The summed E-state index contributed by atoms with van der Waals surface area (Å²) in [5.74, 6) is 1.13. The summed E-state index contributed by atoms with van der Waals surface area (Å²) in [6.45, 7) is 10.6. The first-order chi connectivity index (χ1) is 29.8. The van der Waals surface area contributed by atoms with Crippen LogP contribution < -0.4 is 10.1 Å². The average molecular weight is 847 g/mol. The number of benzene rings is 3. The van der Waals surface area contributed by atoms with Gasteiger partial charge in [0.2, 0.25) is 11.8 Å². The average Bonchev–Trinajstić information content (AvgIpc) is 4.09. The molecule has 0 aliphatic carbocycles. The second-order valence-corrected chi connectivity index (χ2v) is 17.1. The maximum Gasteiger partial charge on any atom is 0.432 e. The Morgan fingerprint density at radius 1 is 0.935 bits per heavy atom. The van der Waals surface area contributed by atoms with E-state index >= 15 is 0 Å². The molecule has 3 aromatic carbocycles. The standard InChI is InChI=1S/C46H54N8O8/c1-23(2)39(52-46(58)61-8)44(56)53-21-24(3)15-37(53)41-47-20-35(50-41)28-10-12-30-29(16-28)22-62-38-18-31-27(17-32(30)38)11-13-34-40(31)51-42(49-34)36-14-9-25(4)54(36)43(55)33(26(5)59-6)19-48-45(57)60-7/h10-13,16-20,23-26,33,36-37,39H,9,14-15,21-22H2,1-8H3,(H,47,50)(H,49,51)(H,52,58). The van der Waals surface area contributed by atoms with Gasteiger partial charge < -0.3 is 44.0 Å². The Bertz CT molecular complexity index is 2560. The van der Waals surface area contributed by atoms with Gasteiger partial charge in [0.25, 0.3) is 0 Å². The van der Waals surface area contributed by atoms with Gasteiger partial charge in [-0.1, -0.05) is 39.0 Å². The van der Waals surface area contributed by atoms with Crippen molar-refractivity contribution in [3.8, 4) is 28.1 Å². The Balaban J connectivity index is 1.05. The molecule has 0 spiro atoms. The predicted molar refractivity (Wildman–Crippen MR) is 232 cm³/mol. The Hall–Kier alpha value is -6.29. The molecular weight excluding hydrogens is 793 g/mol. The van der Waals surface area contributed by atoms with Gasteiger partial charge >= 0.3 is 12.2 Å². The predicted octanol–water partition coefficient (Wildman–Crippen LogP) is 7.50. The van der Waals surface area contributed by atoms with Crippen LogP contribution in [0, 0.1) is 17.8 Å². The van der Waals surface area contributed by atoms with Gasteiger partial charge in [0.05, 0.1) is 61.2 Å². The van der Waals surface area contributed by atoms with Crippen LogP contribution in [0.3, 0.4) is 0 Å². The molecule has 3 aliphatic heterocycles. The molecule has 2 saturated heterocycles. The first-order valence-corrected chi connectivity index (χ1v) is 21.2. The van der Waals surface area contributed by atoms with E-state index in [-0.39, 0.29) is 41.8 Å². The van der Waals surface area contributed by atoms with Gasteiger partial charge in [0.1, 0.15) is 30.0 Å². The van der Waals surface area contributed by atoms with Gasteiger partial charge in [-0.05, 0) is 91.3 Å². The SMILES string of the molecule is COC(=O)N=CC(C(=O)N1C(C)CCC1c1nc2c(ccc3cc4c(cc32)OCc2cc(-c3cnc(C5CC(C)CN5C(=O)C(NC(=O)OC)C(C)C)[nH]3)ccc2-4)[nH]1)C(C)OC. The van der Waals surface area contributed by atoms with Crippen LogP contribution in [0.1, 0.15) is 83.2 Å². The number of alkyl carbamates (subject to hydrolysis) is 1. The summed E-state index contributed by atoms with van der Waals surface area (Å²) in [6.07, 6.45) is 3.44. The highest BCUT2D eigenvalue weighted by Crippen LogP contribution is 2.44. The highest BCUT2D eigenvalue weighted by atomic mass is 16.5. The zero-order valence-corrected chi connectivity index (χ0v) is 36.4. The smallest absolute Gasteiger partial charge is 0.432 e. The van der Waals surface area contributed by atoms with Gasteiger partial charge in [-0.2, -0.15) is 4.99 Å². The number of ether oxygens (including phenoxy) is 4. The second kappa shape index (κ2) is 17.2. The van der Waals surface area contributed by atoms with Crippen molar-refractivity contribution in [3.63, 3.8) is 0 Å². The molecule has 16 heteroatoms. The number of aliphatic imine (C=N–C) groups is 1.